The summed E-state index contributed by atoms with van der Waals surface area (Å²) in [5.41, 5.74) is 1.52. The van der Waals surface area contributed by atoms with E-state index >= 15 is 0 Å². The van der Waals surface area contributed by atoms with Crippen molar-refractivity contribution in [3.63, 3.8) is 0 Å². The third-order valence-electron chi connectivity index (χ3n) is 6.84. The predicted octanol–water partition coefficient (Wildman–Crippen LogP) is 5.41. The fourth-order valence-electron chi connectivity index (χ4n) is 4.58. The number of benzene rings is 4. The number of hydrogen-bond donors (Lipinski definition) is 1. The molecule has 1 aliphatic heterocycles. The molecule has 0 aliphatic carbocycles. The fraction of sp³-hybridized carbons (Fsp3) is 0.194. The van der Waals surface area contributed by atoms with Crippen molar-refractivity contribution in [2.75, 3.05) is 29.3 Å². The molecule has 0 radical (unpaired) electrons. The Bertz CT molecular complexity index is 1740. The molecule has 1 fully saturated rings. The Balaban J connectivity index is 1.36. The van der Waals surface area contributed by atoms with Gasteiger partial charge in [-0.05, 0) is 92.6 Å². The van der Waals surface area contributed by atoms with Crippen molar-refractivity contribution in [3.8, 4) is 11.5 Å². The first kappa shape index (κ1) is 29.3. The number of amides is 1. The molecule has 9 nitrogen and oxygen atoms in total. The van der Waals surface area contributed by atoms with Crippen LogP contribution in [0.25, 0.3) is 0 Å². The molecule has 0 bridgehead atoms. The number of nitrogens with one attached hydrogen (secondary N) is 1. The van der Waals surface area contributed by atoms with Gasteiger partial charge in [0.2, 0.25) is 15.9 Å². The monoisotopic (exact) mass is 605 g/mol. The maximum absolute atomic E-state index is 13.7. The Labute approximate surface area is 246 Å². The van der Waals surface area contributed by atoms with Gasteiger partial charge in [-0.2, -0.15) is 4.31 Å². The van der Waals surface area contributed by atoms with Crippen LogP contribution < -0.4 is 14.4 Å². The Kier molecular flexibility index (Phi) is 8.62. The number of hydrogen-bond acceptors (Lipinski definition) is 6. The molecule has 1 aliphatic rings. The minimum atomic E-state index is -4.12. The van der Waals surface area contributed by atoms with Crippen LogP contribution in [0.3, 0.4) is 0 Å². The van der Waals surface area contributed by atoms with Crippen LogP contribution in [-0.2, 0) is 24.8 Å². The van der Waals surface area contributed by atoms with Gasteiger partial charge < -0.3 is 10.1 Å². The Morgan fingerprint density at radius 1 is 0.762 bits per heavy atom. The van der Waals surface area contributed by atoms with E-state index in [1.54, 1.807) is 48.5 Å². The van der Waals surface area contributed by atoms with E-state index in [1.807, 2.05) is 25.1 Å². The summed E-state index contributed by atoms with van der Waals surface area (Å²) in [7, 11) is -7.71. The smallest absolute Gasteiger partial charge is 0.264 e. The van der Waals surface area contributed by atoms with Crippen molar-refractivity contribution in [1.82, 2.24) is 4.31 Å². The summed E-state index contributed by atoms with van der Waals surface area (Å²) in [6.07, 6.45) is 1.66. The van der Waals surface area contributed by atoms with Crippen molar-refractivity contribution in [1.29, 1.82) is 0 Å². The molecule has 0 unspecified atom stereocenters. The molecule has 1 amide bonds. The minimum absolute atomic E-state index is 0.0435. The number of ether oxygens (including phenoxy) is 1. The number of carbonyl (C=O) groups is 1. The maximum atomic E-state index is 13.7. The molecule has 4 aromatic rings. The molecule has 218 valence electrons. The lowest BCUT2D eigenvalue weighted by atomic mass is 10.2. The third kappa shape index (κ3) is 6.64. The molecule has 0 atom stereocenters. The van der Waals surface area contributed by atoms with Crippen LogP contribution >= 0.6 is 0 Å². The number of aryl methyl sites for hydroxylation is 1. The lowest BCUT2D eigenvalue weighted by molar-refractivity contribution is -0.114. The van der Waals surface area contributed by atoms with E-state index in [0.717, 1.165) is 22.7 Å². The molecule has 5 rings (SSSR count). The number of para-hydroxylation sites is 1. The van der Waals surface area contributed by atoms with Gasteiger partial charge >= 0.3 is 0 Å². The SMILES string of the molecule is Cc1ccc(S(=O)(=O)N(CC(=O)Nc2ccc(S(=O)(=O)N3CCCC3)cc2)c2ccc(Oc3ccccc3)cc2)cc1. The first-order valence-electron chi connectivity index (χ1n) is 13.5. The molecule has 1 heterocycles. The topological polar surface area (TPSA) is 113 Å². The standard InChI is InChI=1S/C31H31N3O6S2/c1-24-9-17-30(18-10-24)42(38,39)34(26-13-15-28(16-14-26)40-27-7-3-2-4-8-27)23-31(35)32-25-11-19-29(20-12-25)41(36,37)33-21-5-6-22-33/h2-4,7-20H,5-6,21-23H2,1H3,(H,32,35). The van der Waals surface area contributed by atoms with E-state index < -0.39 is 32.5 Å². The molecule has 0 aromatic heterocycles. The van der Waals surface area contributed by atoms with Gasteiger partial charge in [-0.3, -0.25) is 9.10 Å². The second kappa shape index (κ2) is 12.4. The van der Waals surface area contributed by atoms with Crippen LogP contribution in [0.15, 0.2) is 113 Å². The second-order valence-electron chi connectivity index (χ2n) is 9.92. The molecule has 1 N–H and O–H groups in total. The number of nitrogens with zero attached hydrogens (tertiary/aromatic N) is 2. The summed E-state index contributed by atoms with van der Waals surface area (Å²) in [4.78, 5) is 13.3. The fourth-order valence-corrected chi connectivity index (χ4v) is 7.51. The van der Waals surface area contributed by atoms with Crippen LogP contribution in [0.4, 0.5) is 11.4 Å². The first-order chi connectivity index (χ1) is 20.1. The first-order valence-corrected chi connectivity index (χ1v) is 16.3. The Morgan fingerprint density at radius 3 is 1.95 bits per heavy atom. The van der Waals surface area contributed by atoms with E-state index in [2.05, 4.69) is 5.32 Å². The van der Waals surface area contributed by atoms with Crippen molar-refractivity contribution in [3.05, 3.63) is 109 Å². The van der Waals surface area contributed by atoms with Gasteiger partial charge in [0.15, 0.2) is 0 Å². The minimum Gasteiger partial charge on any atom is -0.457 e. The highest BCUT2D eigenvalue weighted by Crippen LogP contribution is 2.29. The molecule has 11 heteroatoms. The summed E-state index contributed by atoms with van der Waals surface area (Å²) in [5, 5.41) is 2.69. The summed E-state index contributed by atoms with van der Waals surface area (Å²) in [5.74, 6) is 0.546. The zero-order valence-corrected chi connectivity index (χ0v) is 24.6. The summed E-state index contributed by atoms with van der Waals surface area (Å²) < 4.78 is 61.4. The number of rotatable bonds is 10. The maximum Gasteiger partial charge on any atom is 0.264 e. The van der Waals surface area contributed by atoms with Crippen molar-refractivity contribution in [2.24, 2.45) is 0 Å². The predicted molar refractivity (Wildman–Crippen MR) is 162 cm³/mol. The lowest BCUT2D eigenvalue weighted by Crippen LogP contribution is -2.38. The van der Waals surface area contributed by atoms with Gasteiger partial charge in [-0.15, -0.1) is 0 Å². The van der Waals surface area contributed by atoms with Gasteiger partial charge in [0.25, 0.3) is 10.0 Å². The molecule has 4 aromatic carbocycles. The van der Waals surface area contributed by atoms with Gasteiger partial charge in [0.1, 0.15) is 18.0 Å². The van der Waals surface area contributed by atoms with Gasteiger partial charge in [-0.25, -0.2) is 16.8 Å². The lowest BCUT2D eigenvalue weighted by Gasteiger charge is -2.24. The van der Waals surface area contributed by atoms with E-state index in [-0.39, 0.29) is 15.5 Å². The van der Waals surface area contributed by atoms with E-state index in [0.29, 0.717) is 30.3 Å². The summed E-state index contributed by atoms with van der Waals surface area (Å²) in [6, 6.07) is 27.9. The average molecular weight is 606 g/mol. The average Bonchev–Trinajstić information content (AvgIpc) is 3.54. The number of carbonyl (C=O) groups excluding carboxylic acids is 1. The summed E-state index contributed by atoms with van der Waals surface area (Å²) >= 11 is 0. The Morgan fingerprint density at radius 2 is 1.33 bits per heavy atom. The van der Waals surface area contributed by atoms with Crippen LogP contribution in [0.1, 0.15) is 18.4 Å². The van der Waals surface area contributed by atoms with E-state index in [4.69, 9.17) is 4.74 Å². The van der Waals surface area contributed by atoms with Gasteiger partial charge in [-0.1, -0.05) is 35.9 Å². The number of sulfonamides is 2. The highest BCUT2D eigenvalue weighted by atomic mass is 32.2. The van der Waals surface area contributed by atoms with E-state index in [9.17, 15) is 21.6 Å². The Hall–Kier alpha value is -4.19. The molecule has 0 spiro atoms. The largest absolute Gasteiger partial charge is 0.457 e. The zero-order valence-electron chi connectivity index (χ0n) is 23.0. The summed E-state index contributed by atoms with van der Waals surface area (Å²) in [6.45, 7) is 2.33. The highest BCUT2D eigenvalue weighted by Gasteiger charge is 2.29. The zero-order chi connectivity index (χ0) is 29.7. The molecule has 42 heavy (non-hydrogen) atoms. The highest BCUT2D eigenvalue weighted by molar-refractivity contribution is 7.92. The van der Waals surface area contributed by atoms with Crippen molar-refractivity contribution >= 4 is 37.3 Å². The third-order valence-corrected chi connectivity index (χ3v) is 10.5. The van der Waals surface area contributed by atoms with Gasteiger partial charge in [0.05, 0.1) is 15.5 Å². The van der Waals surface area contributed by atoms with E-state index in [1.165, 1.54) is 40.7 Å². The normalized spacial score (nSPS) is 13.9. The number of anilines is 2. The van der Waals surface area contributed by atoms with Crippen LogP contribution in [0.2, 0.25) is 0 Å². The van der Waals surface area contributed by atoms with Crippen molar-refractivity contribution < 1.29 is 26.4 Å². The quantitative estimate of drug-likeness (QED) is 0.259. The van der Waals surface area contributed by atoms with Gasteiger partial charge in [0, 0.05) is 18.8 Å². The van der Waals surface area contributed by atoms with Crippen LogP contribution in [0.5, 0.6) is 11.5 Å². The molecule has 1 saturated heterocycles. The molecular formula is C31H31N3O6S2. The molecular weight excluding hydrogens is 574 g/mol. The van der Waals surface area contributed by atoms with Crippen LogP contribution in [0, 0.1) is 6.92 Å². The molecule has 0 saturated carbocycles. The second-order valence-corrected chi connectivity index (χ2v) is 13.7. The van der Waals surface area contributed by atoms with Crippen molar-refractivity contribution in [2.45, 2.75) is 29.6 Å². The van der Waals surface area contributed by atoms with Crippen LogP contribution in [-0.4, -0.2) is 46.7 Å².